The summed E-state index contributed by atoms with van der Waals surface area (Å²) in [7, 11) is 0. The zero-order valence-electron chi connectivity index (χ0n) is 19.3. The Bertz CT molecular complexity index is 506. The number of rotatable bonds is 10. The molecular weight excluding hydrogens is 312 g/mol. The number of hydrogen-bond acceptors (Lipinski definition) is 0. The van der Waals surface area contributed by atoms with E-state index in [1.54, 1.807) is 22.3 Å². The van der Waals surface area contributed by atoms with Gasteiger partial charge in [-0.15, -0.1) is 0 Å². The molecule has 3 unspecified atom stereocenters. The summed E-state index contributed by atoms with van der Waals surface area (Å²) in [6.45, 7) is 21.2. The normalized spacial score (nSPS) is 29.3. The van der Waals surface area contributed by atoms with Gasteiger partial charge in [-0.25, -0.2) is 0 Å². The Balaban J connectivity index is 2.72. The molecule has 3 atom stereocenters. The van der Waals surface area contributed by atoms with E-state index in [9.17, 15) is 0 Å². The molecule has 1 rings (SSSR count). The van der Waals surface area contributed by atoms with E-state index in [-0.39, 0.29) is 0 Å². The van der Waals surface area contributed by atoms with Crippen LogP contribution in [-0.2, 0) is 0 Å². The van der Waals surface area contributed by atoms with Gasteiger partial charge >= 0.3 is 0 Å². The van der Waals surface area contributed by atoms with Crippen molar-refractivity contribution in [3.05, 3.63) is 34.4 Å². The predicted molar refractivity (Wildman–Crippen MR) is 119 cm³/mol. The van der Waals surface area contributed by atoms with E-state index in [0.717, 1.165) is 23.7 Å². The molecule has 0 N–H and O–H groups in total. The summed E-state index contributed by atoms with van der Waals surface area (Å²) in [5.74, 6) is 4.03. The first-order chi connectivity index (χ1) is 12.3. The largest absolute Gasteiger partial charge is 0.0847 e. The minimum Gasteiger partial charge on any atom is -0.0847 e. The molecule has 0 amide bonds. The topological polar surface area (TPSA) is 0 Å². The van der Waals surface area contributed by atoms with Crippen molar-refractivity contribution >= 4 is 0 Å². The Hall–Kier alpha value is -0.780. The highest BCUT2D eigenvalue weighted by molar-refractivity contribution is 5.20. The van der Waals surface area contributed by atoms with Crippen molar-refractivity contribution in [2.75, 3.05) is 0 Å². The molecule has 0 aromatic rings. The van der Waals surface area contributed by atoms with E-state index in [1.807, 2.05) is 0 Å². The lowest BCUT2D eigenvalue weighted by atomic mass is 9.56. The van der Waals surface area contributed by atoms with Gasteiger partial charge in [-0.05, 0) is 88.9 Å². The van der Waals surface area contributed by atoms with Crippen molar-refractivity contribution in [3.8, 4) is 0 Å². The second-order valence-electron chi connectivity index (χ2n) is 8.97. The molecule has 0 heterocycles. The Morgan fingerprint density at radius 3 is 1.96 bits per heavy atom. The number of allylic oxidation sites excluding steroid dienone is 6. The van der Waals surface area contributed by atoms with Gasteiger partial charge < -0.3 is 0 Å². The third kappa shape index (κ3) is 5.86. The maximum absolute atomic E-state index is 2.62. The number of hydrogen-bond donors (Lipinski definition) is 0. The summed E-state index contributed by atoms with van der Waals surface area (Å²) in [6, 6.07) is 0. The molecule has 0 aromatic carbocycles. The van der Waals surface area contributed by atoms with Gasteiger partial charge in [-0.3, -0.25) is 0 Å². The van der Waals surface area contributed by atoms with Crippen LogP contribution in [0.3, 0.4) is 0 Å². The van der Waals surface area contributed by atoms with Crippen molar-refractivity contribution in [2.24, 2.45) is 29.6 Å². The molecule has 0 bridgehead atoms. The van der Waals surface area contributed by atoms with Crippen molar-refractivity contribution < 1.29 is 0 Å². The van der Waals surface area contributed by atoms with Crippen LogP contribution < -0.4 is 0 Å². The molecule has 0 aromatic heterocycles. The van der Waals surface area contributed by atoms with Gasteiger partial charge in [0.1, 0.15) is 0 Å². The van der Waals surface area contributed by atoms with Crippen LogP contribution in [0.2, 0.25) is 0 Å². The van der Waals surface area contributed by atoms with E-state index >= 15 is 0 Å². The molecule has 1 aliphatic rings. The fourth-order valence-corrected chi connectivity index (χ4v) is 4.94. The van der Waals surface area contributed by atoms with Crippen LogP contribution in [0.25, 0.3) is 0 Å². The summed E-state index contributed by atoms with van der Waals surface area (Å²) < 4.78 is 0. The summed E-state index contributed by atoms with van der Waals surface area (Å²) in [5.41, 5.74) is 6.48. The Kier molecular flexibility index (Phi) is 9.98. The van der Waals surface area contributed by atoms with Gasteiger partial charge in [0.2, 0.25) is 0 Å². The second-order valence-corrected chi connectivity index (χ2v) is 8.97. The van der Waals surface area contributed by atoms with Gasteiger partial charge in [-0.1, -0.05) is 76.0 Å². The lowest BCUT2D eigenvalue weighted by Crippen LogP contribution is -2.42. The fraction of sp³-hybridized carbons (Fsp3) is 0.769. The minimum atomic E-state index is 0.643. The molecule has 0 spiro atoms. The molecule has 1 fully saturated rings. The third-order valence-corrected chi connectivity index (χ3v) is 7.53. The van der Waals surface area contributed by atoms with Gasteiger partial charge in [0.25, 0.3) is 0 Å². The SMILES string of the molecule is CCC(=CCCCC(C)=C(C)CC)C(C=C(C)C1C(C)C(C)C1C)CC. The quantitative estimate of drug-likeness (QED) is 0.270. The summed E-state index contributed by atoms with van der Waals surface area (Å²) in [5, 5.41) is 0. The second kappa shape index (κ2) is 11.2. The van der Waals surface area contributed by atoms with Crippen molar-refractivity contribution in [2.45, 2.75) is 101 Å². The minimum absolute atomic E-state index is 0.643. The highest BCUT2D eigenvalue weighted by atomic mass is 14.5. The van der Waals surface area contributed by atoms with Crippen molar-refractivity contribution in [1.82, 2.24) is 0 Å². The molecule has 1 saturated carbocycles. The van der Waals surface area contributed by atoms with Gasteiger partial charge in [0.05, 0.1) is 0 Å². The van der Waals surface area contributed by atoms with Crippen LogP contribution >= 0.6 is 0 Å². The zero-order chi connectivity index (χ0) is 19.9. The van der Waals surface area contributed by atoms with Crippen LogP contribution in [0.1, 0.15) is 101 Å². The summed E-state index contributed by atoms with van der Waals surface area (Å²) in [6.07, 6.45) is 12.6. The monoisotopic (exact) mass is 358 g/mol. The van der Waals surface area contributed by atoms with Crippen molar-refractivity contribution in [3.63, 3.8) is 0 Å². The summed E-state index contributed by atoms with van der Waals surface area (Å²) in [4.78, 5) is 0. The van der Waals surface area contributed by atoms with Crippen LogP contribution in [0.15, 0.2) is 34.4 Å². The van der Waals surface area contributed by atoms with E-state index in [2.05, 4.69) is 74.5 Å². The third-order valence-electron chi connectivity index (χ3n) is 7.53. The van der Waals surface area contributed by atoms with Gasteiger partial charge in [0.15, 0.2) is 0 Å². The molecule has 26 heavy (non-hydrogen) atoms. The number of unbranched alkanes of at least 4 members (excludes halogenated alkanes) is 1. The predicted octanol–water partition coefficient (Wildman–Crippen LogP) is 8.75. The molecule has 0 nitrogen and oxygen atoms in total. The maximum Gasteiger partial charge on any atom is -0.00233 e. The highest BCUT2D eigenvalue weighted by Crippen LogP contribution is 2.49. The van der Waals surface area contributed by atoms with Crippen LogP contribution in [0.5, 0.6) is 0 Å². The molecule has 0 aliphatic heterocycles. The first kappa shape index (κ1) is 23.3. The molecular formula is C26H46. The van der Waals surface area contributed by atoms with E-state index < -0.39 is 0 Å². The van der Waals surface area contributed by atoms with Gasteiger partial charge in [-0.2, -0.15) is 0 Å². The maximum atomic E-state index is 2.62. The first-order valence-electron chi connectivity index (χ1n) is 11.3. The molecule has 1 aliphatic carbocycles. The standard InChI is InChI=1S/C26H46/c1-10-18(4)19(5)15-13-14-16-24(11-2)25(12-3)17-20(6)26-22(8)21(7)23(26)9/h16-17,21-23,25-26H,10-15H2,1-9H3. The Labute approximate surface area is 165 Å². The molecule has 0 saturated heterocycles. The summed E-state index contributed by atoms with van der Waals surface area (Å²) >= 11 is 0. The lowest BCUT2D eigenvalue weighted by Gasteiger charge is -2.49. The Morgan fingerprint density at radius 1 is 0.846 bits per heavy atom. The molecule has 0 radical (unpaired) electrons. The van der Waals surface area contributed by atoms with E-state index in [1.165, 1.54) is 38.5 Å². The average Bonchev–Trinajstić information content (AvgIpc) is 2.65. The van der Waals surface area contributed by atoms with Crippen LogP contribution in [0, 0.1) is 29.6 Å². The Morgan fingerprint density at radius 2 is 1.46 bits per heavy atom. The van der Waals surface area contributed by atoms with Crippen LogP contribution in [0.4, 0.5) is 0 Å². The van der Waals surface area contributed by atoms with Crippen LogP contribution in [-0.4, -0.2) is 0 Å². The lowest BCUT2D eigenvalue weighted by molar-refractivity contribution is 0.0429. The highest BCUT2D eigenvalue weighted by Gasteiger charge is 2.42. The molecule has 150 valence electrons. The van der Waals surface area contributed by atoms with Gasteiger partial charge in [0, 0.05) is 0 Å². The van der Waals surface area contributed by atoms with E-state index in [0.29, 0.717) is 5.92 Å². The average molecular weight is 359 g/mol. The first-order valence-corrected chi connectivity index (χ1v) is 11.3. The van der Waals surface area contributed by atoms with Crippen molar-refractivity contribution in [1.29, 1.82) is 0 Å². The van der Waals surface area contributed by atoms with E-state index in [4.69, 9.17) is 0 Å². The zero-order valence-corrected chi connectivity index (χ0v) is 19.3. The molecule has 0 heteroatoms. The smallest absolute Gasteiger partial charge is 0.00233 e. The fourth-order valence-electron chi connectivity index (χ4n) is 4.94.